The van der Waals surface area contributed by atoms with Crippen LogP contribution in [0.25, 0.3) is 0 Å². The molecule has 5 atom stereocenters. The van der Waals surface area contributed by atoms with Crippen molar-refractivity contribution in [2.24, 2.45) is 20.7 Å². The highest BCUT2D eigenvalue weighted by Gasteiger charge is 2.51. The Labute approximate surface area is 126 Å². The number of hydrogen-bond acceptors (Lipinski definition) is 9. The van der Waals surface area contributed by atoms with E-state index >= 15 is 0 Å². The second-order valence-corrected chi connectivity index (χ2v) is 5.39. The molecule has 3 rings (SSSR count). The molecule has 0 saturated carbocycles. The number of aliphatic hydroxyl groups excluding tert-OH is 3. The SMILES string of the molecule is NC1=NC(=O)[C@H]2N=C(Br)N([C@@H]3O[C@H](CO)[C@@H](O)[C@@H]3O)C2=N1. The van der Waals surface area contributed by atoms with Crippen LogP contribution in [0.15, 0.2) is 15.0 Å². The number of carbonyl (C=O) groups is 1. The predicted molar refractivity (Wildman–Crippen MR) is 73.8 cm³/mol. The van der Waals surface area contributed by atoms with Gasteiger partial charge in [0.05, 0.1) is 6.61 Å². The largest absolute Gasteiger partial charge is 0.394 e. The summed E-state index contributed by atoms with van der Waals surface area (Å²) in [5.74, 6) is -0.654. The maximum absolute atomic E-state index is 11.8. The molecule has 0 aromatic heterocycles. The molecule has 1 saturated heterocycles. The van der Waals surface area contributed by atoms with E-state index in [1.807, 2.05) is 0 Å². The summed E-state index contributed by atoms with van der Waals surface area (Å²) in [4.78, 5) is 24.6. The highest BCUT2D eigenvalue weighted by molar-refractivity contribution is 9.18. The summed E-state index contributed by atoms with van der Waals surface area (Å²) in [7, 11) is 0. The van der Waals surface area contributed by atoms with Gasteiger partial charge in [-0.15, -0.1) is 0 Å². The lowest BCUT2D eigenvalue weighted by Crippen LogP contribution is -2.50. The highest BCUT2D eigenvalue weighted by atomic mass is 79.9. The van der Waals surface area contributed by atoms with E-state index < -0.39 is 43.1 Å². The number of guanidine groups is 1. The monoisotopic (exact) mass is 361 g/mol. The van der Waals surface area contributed by atoms with Crippen molar-refractivity contribution in [3.63, 3.8) is 0 Å². The lowest BCUT2D eigenvalue weighted by Gasteiger charge is -2.28. The van der Waals surface area contributed by atoms with Gasteiger partial charge in [-0.05, 0) is 15.9 Å². The molecule has 1 amide bonds. The zero-order chi connectivity index (χ0) is 15.3. The third-order valence-electron chi connectivity index (χ3n) is 3.39. The van der Waals surface area contributed by atoms with E-state index in [1.54, 1.807) is 0 Å². The zero-order valence-electron chi connectivity index (χ0n) is 10.5. The molecule has 0 aromatic carbocycles. The molecule has 0 aromatic rings. The number of hydrogen-bond donors (Lipinski definition) is 4. The molecule has 0 aliphatic carbocycles. The summed E-state index contributed by atoms with van der Waals surface area (Å²) in [6.07, 6.45) is -4.60. The second-order valence-electron chi connectivity index (χ2n) is 4.68. The quantitative estimate of drug-likeness (QED) is 0.385. The Morgan fingerprint density at radius 2 is 2.05 bits per heavy atom. The molecule has 5 N–H and O–H groups in total. The standard InChI is InChI=1S/C10H12BrN5O5/c11-9-13-3-6(14-10(12)15-7(3)20)16(9)8-5(19)4(18)2(1-17)21-8/h2-5,8,17-19H,1H2,(H2,12,15,20)/t2-,3+,4-,5+,8-/m1/s1. The van der Waals surface area contributed by atoms with Gasteiger partial charge < -0.3 is 25.8 Å². The maximum Gasteiger partial charge on any atom is 0.281 e. The summed E-state index contributed by atoms with van der Waals surface area (Å²) < 4.78 is 5.60. The van der Waals surface area contributed by atoms with Gasteiger partial charge in [-0.1, -0.05) is 0 Å². The van der Waals surface area contributed by atoms with Crippen LogP contribution in [0.4, 0.5) is 0 Å². The van der Waals surface area contributed by atoms with Crippen molar-refractivity contribution >= 4 is 38.4 Å². The van der Waals surface area contributed by atoms with Gasteiger partial charge in [-0.2, -0.15) is 9.98 Å². The van der Waals surface area contributed by atoms with Crippen LogP contribution in [0.1, 0.15) is 0 Å². The number of halogens is 1. The van der Waals surface area contributed by atoms with Gasteiger partial charge in [0.15, 0.2) is 22.9 Å². The summed E-state index contributed by atoms with van der Waals surface area (Å²) in [6.45, 7) is -0.463. The fraction of sp³-hybridized carbons (Fsp3) is 0.600. The Balaban J connectivity index is 1.94. The lowest BCUT2D eigenvalue weighted by atomic mass is 10.1. The van der Waals surface area contributed by atoms with E-state index in [2.05, 4.69) is 30.9 Å². The first-order valence-electron chi connectivity index (χ1n) is 6.05. The van der Waals surface area contributed by atoms with E-state index in [4.69, 9.17) is 15.6 Å². The van der Waals surface area contributed by atoms with E-state index in [-0.39, 0.29) is 16.5 Å². The molecule has 3 heterocycles. The Morgan fingerprint density at radius 3 is 2.67 bits per heavy atom. The average Bonchev–Trinajstić information content (AvgIpc) is 2.89. The molecule has 11 heteroatoms. The van der Waals surface area contributed by atoms with Crippen LogP contribution in [0.3, 0.4) is 0 Å². The molecule has 21 heavy (non-hydrogen) atoms. The topological polar surface area (TPSA) is 153 Å². The Bertz CT molecular complexity index is 578. The van der Waals surface area contributed by atoms with Crippen LogP contribution in [0, 0.1) is 0 Å². The molecule has 0 radical (unpaired) electrons. The zero-order valence-corrected chi connectivity index (χ0v) is 12.1. The minimum absolute atomic E-state index is 0.147. The summed E-state index contributed by atoms with van der Waals surface area (Å²) in [5, 5.41) is 29.0. The Hall–Kier alpha value is -1.40. The van der Waals surface area contributed by atoms with E-state index in [9.17, 15) is 15.0 Å². The molecule has 3 aliphatic heterocycles. The van der Waals surface area contributed by atoms with Gasteiger partial charge in [0.2, 0.25) is 5.96 Å². The first kappa shape index (κ1) is 14.5. The van der Waals surface area contributed by atoms with E-state index in [0.29, 0.717) is 0 Å². The van der Waals surface area contributed by atoms with Crippen molar-refractivity contribution in [2.45, 2.75) is 30.6 Å². The normalized spacial score (nSPS) is 39.0. The number of amides is 1. The van der Waals surface area contributed by atoms with Crippen LogP contribution in [0.5, 0.6) is 0 Å². The fourth-order valence-electron chi connectivity index (χ4n) is 2.38. The van der Waals surface area contributed by atoms with Crippen molar-refractivity contribution in [1.82, 2.24) is 4.90 Å². The number of nitrogens with two attached hydrogens (primary N) is 1. The average molecular weight is 362 g/mol. The minimum Gasteiger partial charge on any atom is -0.394 e. The van der Waals surface area contributed by atoms with Crippen LogP contribution >= 0.6 is 15.9 Å². The molecule has 114 valence electrons. The number of carbonyl (C=O) groups excluding carboxylic acids is 1. The smallest absolute Gasteiger partial charge is 0.281 e. The first-order valence-corrected chi connectivity index (χ1v) is 6.85. The van der Waals surface area contributed by atoms with Crippen molar-refractivity contribution < 1.29 is 24.9 Å². The summed E-state index contributed by atoms with van der Waals surface area (Å²) >= 11 is 3.16. The number of fused-ring (bicyclic) bond motifs is 1. The third kappa shape index (κ3) is 2.17. The number of rotatable bonds is 2. The number of aliphatic hydroxyl groups is 3. The fourth-order valence-corrected chi connectivity index (χ4v) is 2.97. The van der Waals surface area contributed by atoms with Crippen molar-refractivity contribution in [3.05, 3.63) is 0 Å². The molecule has 0 bridgehead atoms. The molecule has 10 nitrogen and oxygen atoms in total. The Kier molecular flexibility index (Phi) is 3.53. The number of ether oxygens (including phenoxy) is 1. The van der Waals surface area contributed by atoms with Gasteiger partial charge in [0.25, 0.3) is 5.91 Å². The number of amidine groups is 2. The summed E-state index contributed by atoms with van der Waals surface area (Å²) in [5.41, 5.74) is 5.46. The maximum atomic E-state index is 11.8. The van der Waals surface area contributed by atoms with Gasteiger partial charge in [-0.25, -0.2) is 4.99 Å². The van der Waals surface area contributed by atoms with Gasteiger partial charge in [0, 0.05) is 0 Å². The van der Waals surface area contributed by atoms with Crippen LogP contribution in [-0.2, 0) is 9.53 Å². The summed E-state index contributed by atoms with van der Waals surface area (Å²) in [6, 6.07) is -0.965. The van der Waals surface area contributed by atoms with Crippen molar-refractivity contribution in [1.29, 1.82) is 0 Å². The minimum atomic E-state index is -1.32. The molecule has 3 aliphatic rings. The van der Waals surface area contributed by atoms with Crippen LogP contribution < -0.4 is 5.73 Å². The Morgan fingerprint density at radius 1 is 1.33 bits per heavy atom. The predicted octanol–water partition coefficient (Wildman–Crippen LogP) is -2.89. The van der Waals surface area contributed by atoms with E-state index in [1.165, 1.54) is 4.90 Å². The number of aliphatic imine (C=N–C) groups is 3. The van der Waals surface area contributed by atoms with E-state index in [0.717, 1.165) is 0 Å². The van der Waals surface area contributed by atoms with Gasteiger partial charge in [-0.3, -0.25) is 9.69 Å². The van der Waals surface area contributed by atoms with Gasteiger partial charge >= 0.3 is 0 Å². The number of nitrogens with zero attached hydrogens (tertiary/aromatic N) is 4. The molecule has 0 spiro atoms. The third-order valence-corrected chi connectivity index (χ3v) is 3.97. The molecule has 1 fully saturated rings. The first-order chi connectivity index (χ1) is 9.93. The van der Waals surface area contributed by atoms with Crippen LogP contribution in [0.2, 0.25) is 0 Å². The van der Waals surface area contributed by atoms with Gasteiger partial charge in [0.1, 0.15) is 18.3 Å². The highest BCUT2D eigenvalue weighted by Crippen LogP contribution is 2.30. The van der Waals surface area contributed by atoms with Crippen molar-refractivity contribution in [2.75, 3.05) is 6.61 Å². The van der Waals surface area contributed by atoms with Crippen LogP contribution in [-0.4, -0.2) is 79.9 Å². The lowest BCUT2D eigenvalue weighted by molar-refractivity contribution is -0.117. The second kappa shape index (κ2) is 5.10. The molecular weight excluding hydrogens is 350 g/mol. The molecular formula is C10H12BrN5O5. The molecule has 0 unspecified atom stereocenters. The van der Waals surface area contributed by atoms with Crippen molar-refractivity contribution in [3.8, 4) is 0 Å².